The van der Waals surface area contributed by atoms with Crippen LogP contribution < -0.4 is 10.1 Å². The fourth-order valence-corrected chi connectivity index (χ4v) is 2.79. The van der Waals surface area contributed by atoms with Crippen molar-refractivity contribution in [2.45, 2.75) is 11.8 Å². The minimum atomic E-state index is -0.104. The second kappa shape index (κ2) is 9.40. The second-order valence-electron chi connectivity index (χ2n) is 5.33. The molecule has 5 heteroatoms. The molecule has 0 aliphatic rings. The molecule has 0 radical (unpaired) electrons. The Morgan fingerprint density at radius 1 is 1.25 bits per heavy atom. The summed E-state index contributed by atoms with van der Waals surface area (Å²) in [7, 11) is 0. The fraction of sp³-hybridized carbons (Fsp3) is 0.211. The van der Waals surface area contributed by atoms with Gasteiger partial charge in [0, 0.05) is 27.8 Å². The maximum atomic E-state index is 12.2. The molecule has 0 spiro atoms. The highest BCUT2D eigenvalue weighted by molar-refractivity contribution is 7.99. The Kier molecular flexibility index (Phi) is 7.22. The number of ether oxygens (including phenoxy) is 1. The van der Waals surface area contributed by atoms with Crippen molar-refractivity contribution in [2.24, 2.45) is 0 Å². The number of hydrogen-bond donors (Lipinski definition) is 1. The van der Waals surface area contributed by atoms with Crippen LogP contribution in [0.1, 0.15) is 17.3 Å². The van der Waals surface area contributed by atoms with E-state index in [0.717, 1.165) is 21.2 Å². The maximum absolute atomic E-state index is 12.2. The van der Waals surface area contributed by atoms with E-state index in [0.29, 0.717) is 24.5 Å². The molecule has 126 valence electrons. The van der Waals surface area contributed by atoms with E-state index in [1.807, 2.05) is 43.3 Å². The molecule has 2 rings (SSSR count). The third-order valence-electron chi connectivity index (χ3n) is 3.05. The van der Waals surface area contributed by atoms with Crippen molar-refractivity contribution >= 4 is 29.3 Å². The molecule has 2 aromatic carbocycles. The number of carbonyl (C=O) groups excluding carboxylic acids is 1. The molecule has 0 atom stereocenters. The van der Waals surface area contributed by atoms with E-state index in [4.69, 9.17) is 16.3 Å². The predicted molar refractivity (Wildman–Crippen MR) is 101 cm³/mol. The van der Waals surface area contributed by atoms with Gasteiger partial charge in [0.05, 0.1) is 0 Å². The summed E-state index contributed by atoms with van der Waals surface area (Å²) in [6, 6.07) is 14.8. The van der Waals surface area contributed by atoms with Crippen LogP contribution >= 0.6 is 23.4 Å². The number of hydrogen-bond acceptors (Lipinski definition) is 3. The van der Waals surface area contributed by atoms with Crippen LogP contribution in [0.2, 0.25) is 5.02 Å². The van der Waals surface area contributed by atoms with Crippen molar-refractivity contribution in [3.63, 3.8) is 0 Å². The SMILES string of the molecule is C=C(C)COc1cccc(C(=O)NCCSc2ccc(Cl)cc2)c1. The van der Waals surface area contributed by atoms with E-state index in [9.17, 15) is 4.79 Å². The molecular formula is C19H20ClNO2S. The van der Waals surface area contributed by atoms with Crippen LogP contribution in [0, 0.1) is 0 Å². The Morgan fingerprint density at radius 3 is 2.71 bits per heavy atom. The van der Waals surface area contributed by atoms with Gasteiger partial charge in [0.1, 0.15) is 12.4 Å². The van der Waals surface area contributed by atoms with E-state index in [-0.39, 0.29) is 5.91 Å². The number of rotatable bonds is 8. The molecule has 1 amide bonds. The quantitative estimate of drug-likeness (QED) is 0.416. The molecule has 0 saturated carbocycles. The monoisotopic (exact) mass is 361 g/mol. The summed E-state index contributed by atoms with van der Waals surface area (Å²) in [5.74, 6) is 1.35. The molecular weight excluding hydrogens is 342 g/mol. The van der Waals surface area contributed by atoms with E-state index < -0.39 is 0 Å². The molecule has 2 aromatic rings. The van der Waals surface area contributed by atoms with Gasteiger partial charge < -0.3 is 10.1 Å². The Hall–Kier alpha value is -1.91. The number of thioether (sulfide) groups is 1. The van der Waals surface area contributed by atoms with Crippen LogP contribution in [0.3, 0.4) is 0 Å². The Labute approximate surface area is 152 Å². The summed E-state index contributed by atoms with van der Waals surface area (Å²) < 4.78 is 5.56. The molecule has 0 heterocycles. The summed E-state index contributed by atoms with van der Waals surface area (Å²) in [6.45, 7) is 6.72. The van der Waals surface area contributed by atoms with Crippen LogP contribution in [-0.2, 0) is 0 Å². The first-order valence-electron chi connectivity index (χ1n) is 7.58. The van der Waals surface area contributed by atoms with E-state index in [2.05, 4.69) is 11.9 Å². The van der Waals surface area contributed by atoms with E-state index in [1.165, 1.54) is 0 Å². The molecule has 3 nitrogen and oxygen atoms in total. The van der Waals surface area contributed by atoms with Crippen LogP contribution in [-0.4, -0.2) is 24.8 Å². The van der Waals surface area contributed by atoms with Crippen molar-refractivity contribution in [1.29, 1.82) is 0 Å². The number of nitrogens with one attached hydrogen (secondary N) is 1. The average Bonchev–Trinajstić information content (AvgIpc) is 2.58. The van der Waals surface area contributed by atoms with E-state index >= 15 is 0 Å². The fourth-order valence-electron chi connectivity index (χ4n) is 1.90. The number of benzene rings is 2. The zero-order valence-corrected chi connectivity index (χ0v) is 15.1. The minimum Gasteiger partial charge on any atom is -0.489 e. The first-order chi connectivity index (χ1) is 11.5. The molecule has 0 aliphatic heterocycles. The molecule has 0 bridgehead atoms. The summed E-state index contributed by atoms with van der Waals surface area (Å²) in [5.41, 5.74) is 1.52. The lowest BCUT2D eigenvalue weighted by Gasteiger charge is -2.09. The highest BCUT2D eigenvalue weighted by Crippen LogP contribution is 2.19. The number of amides is 1. The third-order valence-corrected chi connectivity index (χ3v) is 4.32. The van der Waals surface area contributed by atoms with Gasteiger partial charge in [-0.05, 0) is 55.0 Å². The second-order valence-corrected chi connectivity index (χ2v) is 6.94. The van der Waals surface area contributed by atoms with Crippen molar-refractivity contribution in [1.82, 2.24) is 5.32 Å². The van der Waals surface area contributed by atoms with Gasteiger partial charge in [0.2, 0.25) is 0 Å². The highest BCUT2D eigenvalue weighted by atomic mass is 35.5. The van der Waals surface area contributed by atoms with E-state index in [1.54, 1.807) is 23.9 Å². The van der Waals surface area contributed by atoms with Gasteiger partial charge >= 0.3 is 0 Å². The summed E-state index contributed by atoms with van der Waals surface area (Å²) in [6.07, 6.45) is 0. The molecule has 0 aromatic heterocycles. The standard InChI is InChI=1S/C19H20ClNO2S/c1-14(2)13-23-17-5-3-4-15(12-17)19(22)21-10-11-24-18-8-6-16(20)7-9-18/h3-9,12H,1,10-11,13H2,2H3,(H,21,22). The van der Waals surface area contributed by atoms with Crippen molar-refractivity contribution in [3.8, 4) is 5.75 Å². The number of halogens is 1. The molecule has 0 unspecified atom stereocenters. The first-order valence-corrected chi connectivity index (χ1v) is 8.95. The largest absolute Gasteiger partial charge is 0.489 e. The van der Waals surface area contributed by atoms with Gasteiger partial charge in [-0.2, -0.15) is 0 Å². The van der Waals surface area contributed by atoms with Crippen LogP contribution in [0.25, 0.3) is 0 Å². The zero-order valence-electron chi connectivity index (χ0n) is 13.5. The van der Waals surface area contributed by atoms with Crippen molar-refractivity contribution in [2.75, 3.05) is 18.9 Å². The summed E-state index contributed by atoms with van der Waals surface area (Å²) >= 11 is 7.53. The normalized spacial score (nSPS) is 10.2. The van der Waals surface area contributed by atoms with Gasteiger partial charge in [0.15, 0.2) is 0 Å². The zero-order chi connectivity index (χ0) is 17.4. The maximum Gasteiger partial charge on any atom is 0.251 e. The Bertz CT molecular complexity index is 701. The molecule has 1 N–H and O–H groups in total. The van der Waals surface area contributed by atoms with Crippen molar-refractivity contribution < 1.29 is 9.53 Å². The molecule has 0 saturated heterocycles. The lowest BCUT2D eigenvalue weighted by atomic mass is 10.2. The van der Waals surface area contributed by atoms with Crippen LogP contribution in [0.4, 0.5) is 0 Å². The average molecular weight is 362 g/mol. The van der Waals surface area contributed by atoms with Crippen LogP contribution in [0.15, 0.2) is 65.6 Å². The van der Waals surface area contributed by atoms with Gasteiger partial charge in [-0.3, -0.25) is 4.79 Å². The van der Waals surface area contributed by atoms with Gasteiger partial charge in [-0.1, -0.05) is 24.2 Å². The summed E-state index contributed by atoms with van der Waals surface area (Å²) in [5, 5.41) is 3.64. The van der Waals surface area contributed by atoms with Crippen molar-refractivity contribution in [3.05, 3.63) is 71.3 Å². The minimum absolute atomic E-state index is 0.104. The number of carbonyl (C=O) groups is 1. The highest BCUT2D eigenvalue weighted by Gasteiger charge is 2.06. The van der Waals surface area contributed by atoms with Gasteiger partial charge in [-0.25, -0.2) is 0 Å². The summed E-state index contributed by atoms with van der Waals surface area (Å²) in [4.78, 5) is 13.3. The Morgan fingerprint density at radius 2 is 2.00 bits per heavy atom. The molecule has 24 heavy (non-hydrogen) atoms. The topological polar surface area (TPSA) is 38.3 Å². The van der Waals surface area contributed by atoms with Gasteiger partial charge in [0.25, 0.3) is 5.91 Å². The molecule has 0 fully saturated rings. The van der Waals surface area contributed by atoms with Crippen LogP contribution in [0.5, 0.6) is 5.75 Å². The first kappa shape index (κ1) is 18.4. The lowest BCUT2D eigenvalue weighted by molar-refractivity contribution is 0.0955. The smallest absolute Gasteiger partial charge is 0.251 e. The van der Waals surface area contributed by atoms with Gasteiger partial charge in [-0.15, -0.1) is 11.8 Å². The third kappa shape index (κ3) is 6.30. The lowest BCUT2D eigenvalue weighted by Crippen LogP contribution is -2.25. The molecule has 0 aliphatic carbocycles. The predicted octanol–water partition coefficient (Wildman–Crippen LogP) is 4.82. The Balaban J connectivity index is 1.78.